The molecule has 3 N–H and O–H groups in total. The van der Waals surface area contributed by atoms with Crippen LogP contribution in [0.15, 0.2) is 36.4 Å². The Morgan fingerprint density at radius 2 is 1.09 bits per heavy atom. The number of fused-ring (bicyclic) bond motifs is 2. The molecule has 8 rings (SSSR count). The Morgan fingerprint density at radius 3 is 1.52 bits per heavy atom. The van der Waals surface area contributed by atoms with Crippen molar-refractivity contribution in [1.82, 2.24) is 30.7 Å². The maximum absolute atomic E-state index is 12.8. The number of benzene rings is 2. The molecule has 56 heavy (non-hydrogen) atoms. The molecule has 0 bridgehead atoms. The second-order valence-electron chi connectivity index (χ2n) is 15.1. The van der Waals surface area contributed by atoms with Crippen molar-refractivity contribution in [1.29, 1.82) is 0 Å². The van der Waals surface area contributed by atoms with Crippen molar-refractivity contribution >= 4 is 47.9 Å². The number of amides is 6. The third kappa shape index (κ3) is 9.43. The first-order valence-corrected chi connectivity index (χ1v) is 18.9. The van der Waals surface area contributed by atoms with E-state index in [1.807, 2.05) is 23.1 Å². The summed E-state index contributed by atoms with van der Waals surface area (Å²) in [7, 11) is 0. The highest BCUT2D eigenvalue weighted by molar-refractivity contribution is 6.06. The van der Waals surface area contributed by atoms with Crippen molar-refractivity contribution in [2.75, 3.05) is 32.7 Å². The SMILES string of the molecule is C.Cl.O=C1CCC(N2Cc3cc(C4CCN(CCC(F)(F)F)CC4)ccc3C2=O)C(=O)N1.O=C1CCC(N2Cc3cc(C4CCNCC4)ccc3C2=O)C(=O)N1. The standard InChI is InChI=1S/C21H24F3N3O3.C18H21N3O3.CH4.ClH/c22-21(23,24)7-10-26-8-5-13(6-9-26)14-1-2-16-15(11-14)12-27(20(16)30)17-3-4-18(28)25-19(17)29;22-16-4-3-15(17(23)20-16)21-10-13-9-12(1-2-14(13)18(21)24)11-5-7-19-8-6-11;;/h1-2,11,13,17H,3-10,12H2,(H,25,28,29);1-2,9,11,15,19H,3-8,10H2,(H,20,22,23);1H4;1H. The van der Waals surface area contributed by atoms with Crippen molar-refractivity contribution < 1.29 is 41.9 Å². The molecular weight excluding hydrogens is 753 g/mol. The number of imide groups is 2. The number of rotatable bonds is 6. The number of carbonyl (C=O) groups is 6. The van der Waals surface area contributed by atoms with Gasteiger partial charge in [0.05, 0.1) is 6.42 Å². The van der Waals surface area contributed by atoms with Gasteiger partial charge in [-0.15, -0.1) is 12.4 Å². The van der Waals surface area contributed by atoms with Gasteiger partial charge in [0.1, 0.15) is 12.1 Å². The quantitative estimate of drug-likeness (QED) is 0.361. The Labute approximate surface area is 330 Å². The third-order valence-electron chi connectivity index (χ3n) is 11.7. The van der Waals surface area contributed by atoms with Crippen LogP contribution in [0.4, 0.5) is 13.2 Å². The molecule has 6 amide bonds. The number of alkyl halides is 3. The van der Waals surface area contributed by atoms with Crippen LogP contribution in [0.2, 0.25) is 0 Å². The smallest absolute Gasteiger partial charge is 0.322 e. The molecule has 304 valence electrons. The van der Waals surface area contributed by atoms with E-state index in [0.29, 0.717) is 56.1 Å². The minimum atomic E-state index is -4.13. The fourth-order valence-corrected chi connectivity index (χ4v) is 8.63. The van der Waals surface area contributed by atoms with Crippen LogP contribution in [-0.2, 0) is 32.3 Å². The van der Waals surface area contributed by atoms with Crippen molar-refractivity contribution in [3.05, 3.63) is 69.8 Å². The van der Waals surface area contributed by atoms with Crippen LogP contribution in [0.25, 0.3) is 0 Å². The predicted octanol–water partition coefficient (Wildman–Crippen LogP) is 4.55. The molecule has 0 aliphatic carbocycles. The highest BCUT2D eigenvalue weighted by Gasteiger charge is 2.41. The summed E-state index contributed by atoms with van der Waals surface area (Å²) in [6.07, 6.45) is 0.118. The normalized spacial score (nSPS) is 23.3. The first kappa shape index (κ1) is 42.8. The molecule has 4 fully saturated rings. The average molecular weight is 803 g/mol. The molecular formula is C40H50ClF3N6O6. The number of hydrogen-bond acceptors (Lipinski definition) is 8. The van der Waals surface area contributed by atoms with E-state index in [0.717, 1.165) is 55.5 Å². The summed E-state index contributed by atoms with van der Waals surface area (Å²) >= 11 is 0. The minimum absolute atomic E-state index is 0. The highest BCUT2D eigenvalue weighted by Crippen LogP contribution is 2.35. The lowest BCUT2D eigenvalue weighted by Gasteiger charge is -2.32. The van der Waals surface area contributed by atoms with Gasteiger partial charge in [-0.05, 0) is 111 Å². The number of halogens is 4. The number of likely N-dealkylation sites (tertiary alicyclic amines) is 1. The fourth-order valence-electron chi connectivity index (χ4n) is 8.63. The summed E-state index contributed by atoms with van der Waals surface area (Å²) in [5, 5.41) is 8.00. The van der Waals surface area contributed by atoms with Crippen LogP contribution in [0.3, 0.4) is 0 Å². The van der Waals surface area contributed by atoms with Gasteiger partial charge >= 0.3 is 6.18 Å². The molecule has 6 heterocycles. The first-order valence-electron chi connectivity index (χ1n) is 18.9. The molecule has 0 saturated carbocycles. The largest absolute Gasteiger partial charge is 0.390 e. The van der Waals surface area contributed by atoms with Gasteiger partial charge in [-0.1, -0.05) is 31.7 Å². The van der Waals surface area contributed by atoms with Gasteiger partial charge in [0.25, 0.3) is 11.8 Å². The van der Waals surface area contributed by atoms with E-state index < -0.39 is 30.6 Å². The molecule has 2 unspecified atom stereocenters. The van der Waals surface area contributed by atoms with Gasteiger partial charge in [-0.3, -0.25) is 39.4 Å². The van der Waals surface area contributed by atoms with Gasteiger partial charge in [-0.25, -0.2) is 0 Å². The van der Waals surface area contributed by atoms with Crippen LogP contribution < -0.4 is 16.0 Å². The summed E-state index contributed by atoms with van der Waals surface area (Å²) in [6, 6.07) is 10.6. The van der Waals surface area contributed by atoms with E-state index in [4.69, 9.17) is 0 Å². The summed E-state index contributed by atoms with van der Waals surface area (Å²) in [4.78, 5) is 77.3. The summed E-state index contributed by atoms with van der Waals surface area (Å²) < 4.78 is 37.3. The molecule has 2 atom stereocenters. The Balaban J connectivity index is 0.000000211. The Bertz CT molecular complexity index is 1840. The van der Waals surface area contributed by atoms with E-state index in [2.05, 4.69) is 28.1 Å². The lowest BCUT2D eigenvalue weighted by atomic mass is 9.88. The average Bonchev–Trinajstić information content (AvgIpc) is 3.66. The van der Waals surface area contributed by atoms with Gasteiger partial charge < -0.3 is 20.0 Å². The fraction of sp³-hybridized carbons (Fsp3) is 0.550. The van der Waals surface area contributed by atoms with Crippen LogP contribution in [-0.4, -0.2) is 101 Å². The molecule has 2 aromatic carbocycles. The lowest BCUT2D eigenvalue weighted by molar-refractivity contribution is -0.139. The second-order valence-corrected chi connectivity index (χ2v) is 15.1. The molecule has 4 saturated heterocycles. The van der Waals surface area contributed by atoms with Crippen molar-refractivity contribution in [2.24, 2.45) is 0 Å². The second kappa shape index (κ2) is 17.9. The highest BCUT2D eigenvalue weighted by atomic mass is 35.5. The zero-order chi connectivity index (χ0) is 38.1. The van der Waals surface area contributed by atoms with Crippen LogP contribution in [0.1, 0.15) is 120 Å². The molecule has 2 aromatic rings. The molecule has 6 aliphatic heterocycles. The van der Waals surface area contributed by atoms with E-state index in [9.17, 15) is 41.9 Å². The van der Waals surface area contributed by atoms with E-state index in [1.165, 1.54) is 10.5 Å². The molecule has 12 nitrogen and oxygen atoms in total. The topological polar surface area (TPSA) is 148 Å². The summed E-state index contributed by atoms with van der Waals surface area (Å²) in [5.41, 5.74) is 5.50. The number of nitrogens with one attached hydrogen (secondary N) is 3. The van der Waals surface area contributed by atoms with Gasteiger partial charge in [0.15, 0.2) is 0 Å². The van der Waals surface area contributed by atoms with Crippen LogP contribution >= 0.6 is 12.4 Å². The number of hydrogen-bond donors (Lipinski definition) is 3. The molecule has 0 spiro atoms. The molecule has 0 aromatic heterocycles. The zero-order valence-electron chi connectivity index (χ0n) is 30.4. The van der Waals surface area contributed by atoms with E-state index in [-0.39, 0.29) is 74.7 Å². The van der Waals surface area contributed by atoms with Gasteiger partial charge in [0, 0.05) is 43.6 Å². The maximum Gasteiger partial charge on any atom is 0.390 e. The first-order chi connectivity index (χ1) is 25.8. The summed E-state index contributed by atoms with van der Waals surface area (Å²) in [5.74, 6) is -0.874. The number of carbonyl (C=O) groups excluding carboxylic acids is 6. The molecule has 6 aliphatic rings. The van der Waals surface area contributed by atoms with Crippen LogP contribution in [0, 0.1) is 0 Å². The number of nitrogens with zero attached hydrogens (tertiary/aromatic N) is 3. The molecule has 0 radical (unpaired) electrons. The third-order valence-corrected chi connectivity index (χ3v) is 11.7. The minimum Gasteiger partial charge on any atom is -0.322 e. The Morgan fingerprint density at radius 1 is 0.643 bits per heavy atom. The maximum atomic E-state index is 12.8. The predicted molar refractivity (Wildman–Crippen MR) is 203 cm³/mol. The van der Waals surface area contributed by atoms with Crippen molar-refractivity contribution in [2.45, 2.75) is 108 Å². The van der Waals surface area contributed by atoms with E-state index >= 15 is 0 Å². The van der Waals surface area contributed by atoms with Gasteiger partial charge in [0.2, 0.25) is 23.6 Å². The lowest BCUT2D eigenvalue weighted by Crippen LogP contribution is -2.52. The summed E-state index contributed by atoms with van der Waals surface area (Å²) in [6.45, 7) is 4.14. The Hall–Kier alpha value is -4.34. The Kier molecular flexibility index (Phi) is 13.6. The van der Waals surface area contributed by atoms with Gasteiger partial charge in [-0.2, -0.15) is 13.2 Å². The zero-order valence-corrected chi connectivity index (χ0v) is 31.2. The molecule has 16 heteroatoms. The van der Waals surface area contributed by atoms with Crippen molar-refractivity contribution in [3.63, 3.8) is 0 Å². The monoisotopic (exact) mass is 802 g/mol. The van der Waals surface area contributed by atoms with Crippen LogP contribution in [0.5, 0.6) is 0 Å². The van der Waals surface area contributed by atoms with E-state index in [1.54, 1.807) is 11.0 Å². The number of piperidine rings is 4. The van der Waals surface area contributed by atoms with Crippen molar-refractivity contribution in [3.8, 4) is 0 Å².